The number of anilines is 1. The zero-order chi connectivity index (χ0) is 19.5. The van der Waals surface area contributed by atoms with Gasteiger partial charge < -0.3 is 5.32 Å². The zero-order valence-corrected chi connectivity index (χ0v) is 16.8. The number of nitrogens with one attached hydrogen (secondary N) is 1. The number of benzene rings is 1. The predicted molar refractivity (Wildman–Crippen MR) is 101 cm³/mol. The van der Waals surface area contributed by atoms with Crippen LogP contribution in [-0.4, -0.2) is 29.7 Å². The van der Waals surface area contributed by atoms with Gasteiger partial charge in [-0.2, -0.15) is 0 Å². The Hall–Kier alpha value is -1.59. The molecule has 0 aromatic heterocycles. The van der Waals surface area contributed by atoms with E-state index in [2.05, 4.69) is 5.32 Å². The molecular formula is C19H22Cl2N2O3. The quantitative estimate of drug-likeness (QED) is 0.763. The summed E-state index contributed by atoms with van der Waals surface area (Å²) < 4.78 is 0. The molecule has 1 aliphatic heterocycles. The lowest BCUT2D eigenvalue weighted by Crippen LogP contribution is -2.63. The third kappa shape index (κ3) is 2.91. The number of halogens is 2. The number of amides is 3. The third-order valence-corrected chi connectivity index (χ3v) is 6.45. The topological polar surface area (TPSA) is 66.5 Å². The summed E-state index contributed by atoms with van der Waals surface area (Å²) in [6.07, 6.45) is 1.25. The molecular weight excluding hydrogens is 375 g/mol. The lowest BCUT2D eigenvalue weighted by Gasteiger charge is -2.55. The SMILES string of the molecule is CN1C(=O)C2(C)CC(C)(C(=O)Nc3ccc(Cl)c(Cl)c3)CC(C)(C2)C1=O. The molecule has 140 valence electrons. The van der Waals surface area contributed by atoms with Crippen molar-refractivity contribution in [3.63, 3.8) is 0 Å². The molecule has 26 heavy (non-hydrogen) atoms. The Labute approximate surface area is 163 Å². The second kappa shape index (κ2) is 5.96. The lowest BCUT2D eigenvalue weighted by atomic mass is 9.51. The van der Waals surface area contributed by atoms with Crippen LogP contribution in [-0.2, 0) is 14.4 Å². The first kappa shape index (κ1) is 19.2. The van der Waals surface area contributed by atoms with Crippen LogP contribution in [0.3, 0.4) is 0 Å². The van der Waals surface area contributed by atoms with Crippen LogP contribution in [0.25, 0.3) is 0 Å². The fraction of sp³-hybridized carbons (Fsp3) is 0.526. The van der Waals surface area contributed by atoms with Crippen LogP contribution >= 0.6 is 23.2 Å². The van der Waals surface area contributed by atoms with Crippen LogP contribution < -0.4 is 5.32 Å². The molecule has 1 saturated heterocycles. The molecule has 2 fully saturated rings. The number of hydrogen-bond donors (Lipinski definition) is 1. The summed E-state index contributed by atoms with van der Waals surface area (Å²) >= 11 is 11.9. The molecule has 0 radical (unpaired) electrons. The minimum absolute atomic E-state index is 0.215. The smallest absolute Gasteiger partial charge is 0.234 e. The van der Waals surface area contributed by atoms with Gasteiger partial charge in [0.2, 0.25) is 17.7 Å². The Balaban J connectivity index is 1.92. The lowest BCUT2D eigenvalue weighted by molar-refractivity contribution is -0.177. The van der Waals surface area contributed by atoms with E-state index in [-0.39, 0.29) is 17.7 Å². The molecule has 3 amide bonds. The molecule has 3 rings (SSSR count). The van der Waals surface area contributed by atoms with E-state index in [1.165, 1.54) is 11.9 Å². The molecule has 1 heterocycles. The largest absolute Gasteiger partial charge is 0.326 e. The molecule has 2 aliphatic rings. The maximum atomic E-state index is 13.1. The molecule has 2 atom stereocenters. The van der Waals surface area contributed by atoms with Crippen LogP contribution in [0.15, 0.2) is 18.2 Å². The van der Waals surface area contributed by atoms with Crippen LogP contribution in [0.2, 0.25) is 10.0 Å². The highest BCUT2D eigenvalue weighted by Crippen LogP contribution is 2.58. The molecule has 1 N–H and O–H groups in total. The Kier molecular flexibility index (Phi) is 4.40. The number of imide groups is 1. The van der Waals surface area contributed by atoms with Crippen molar-refractivity contribution in [3.05, 3.63) is 28.2 Å². The number of carbonyl (C=O) groups excluding carboxylic acids is 3. The Morgan fingerprint density at radius 3 is 2.04 bits per heavy atom. The average Bonchev–Trinajstić information content (AvgIpc) is 2.54. The maximum absolute atomic E-state index is 13.1. The zero-order valence-electron chi connectivity index (χ0n) is 15.3. The van der Waals surface area contributed by atoms with Crippen molar-refractivity contribution in [2.24, 2.45) is 16.2 Å². The molecule has 1 saturated carbocycles. The van der Waals surface area contributed by atoms with E-state index in [1.807, 2.05) is 20.8 Å². The summed E-state index contributed by atoms with van der Waals surface area (Å²) in [6, 6.07) is 4.87. The Morgan fingerprint density at radius 1 is 1.00 bits per heavy atom. The van der Waals surface area contributed by atoms with Gasteiger partial charge in [-0.25, -0.2) is 0 Å². The van der Waals surface area contributed by atoms with Crippen molar-refractivity contribution in [1.29, 1.82) is 0 Å². The monoisotopic (exact) mass is 396 g/mol. The van der Waals surface area contributed by atoms with Gasteiger partial charge in [-0.15, -0.1) is 0 Å². The van der Waals surface area contributed by atoms with E-state index >= 15 is 0 Å². The third-order valence-electron chi connectivity index (χ3n) is 5.71. The van der Waals surface area contributed by atoms with Crippen molar-refractivity contribution in [2.75, 3.05) is 12.4 Å². The summed E-state index contributed by atoms with van der Waals surface area (Å²) in [5.41, 5.74) is -1.79. The van der Waals surface area contributed by atoms with Crippen molar-refractivity contribution in [1.82, 2.24) is 4.90 Å². The van der Waals surface area contributed by atoms with E-state index in [1.54, 1.807) is 18.2 Å². The number of rotatable bonds is 2. The second-order valence-corrected chi connectivity index (χ2v) is 9.28. The van der Waals surface area contributed by atoms with Crippen LogP contribution in [0.4, 0.5) is 5.69 Å². The molecule has 7 heteroatoms. The summed E-state index contributed by atoms with van der Waals surface area (Å²) in [4.78, 5) is 39.7. The Morgan fingerprint density at radius 2 is 1.54 bits per heavy atom. The van der Waals surface area contributed by atoms with E-state index in [0.717, 1.165) is 0 Å². The molecule has 0 spiro atoms. The Bertz CT molecular complexity index is 795. The molecule has 2 bridgehead atoms. The van der Waals surface area contributed by atoms with Crippen molar-refractivity contribution in [3.8, 4) is 0 Å². The first-order valence-corrected chi connectivity index (χ1v) is 9.25. The van der Waals surface area contributed by atoms with Gasteiger partial charge in [0.15, 0.2) is 0 Å². The molecule has 1 aromatic carbocycles. The van der Waals surface area contributed by atoms with Gasteiger partial charge in [-0.3, -0.25) is 19.3 Å². The van der Waals surface area contributed by atoms with Gasteiger partial charge in [0, 0.05) is 29.0 Å². The summed E-state index contributed by atoms with van der Waals surface area (Å²) in [5, 5.41) is 3.62. The summed E-state index contributed by atoms with van der Waals surface area (Å²) in [6.45, 7) is 5.52. The standard InChI is InChI=1S/C19H22Cl2N2O3/c1-17(14(24)22-11-5-6-12(20)13(21)7-11)8-18(2)10-19(3,9-17)16(26)23(4)15(18)25/h5-7H,8-10H2,1-4H3,(H,22,24). The predicted octanol–water partition coefficient (Wildman–Crippen LogP) is 4.13. The molecule has 1 aromatic rings. The minimum Gasteiger partial charge on any atom is -0.326 e. The second-order valence-electron chi connectivity index (χ2n) is 8.46. The summed E-state index contributed by atoms with van der Waals surface area (Å²) in [5.74, 6) is -0.653. The highest BCUT2D eigenvalue weighted by molar-refractivity contribution is 6.42. The van der Waals surface area contributed by atoms with Gasteiger partial charge in [-0.05, 0) is 37.5 Å². The first-order chi connectivity index (χ1) is 11.9. The van der Waals surface area contributed by atoms with E-state index in [4.69, 9.17) is 23.2 Å². The molecule has 5 nitrogen and oxygen atoms in total. The van der Waals surface area contributed by atoms with Crippen LogP contribution in [0.1, 0.15) is 40.0 Å². The fourth-order valence-corrected chi connectivity index (χ4v) is 5.29. The van der Waals surface area contributed by atoms with E-state index < -0.39 is 16.2 Å². The molecule has 2 unspecified atom stereocenters. The van der Waals surface area contributed by atoms with Gasteiger partial charge in [0.1, 0.15) is 0 Å². The highest BCUT2D eigenvalue weighted by atomic mass is 35.5. The number of nitrogens with zero attached hydrogens (tertiary/aromatic N) is 1. The van der Waals surface area contributed by atoms with Crippen LogP contribution in [0.5, 0.6) is 0 Å². The van der Waals surface area contributed by atoms with Gasteiger partial charge in [-0.1, -0.05) is 44.0 Å². The van der Waals surface area contributed by atoms with Crippen molar-refractivity contribution in [2.45, 2.75) is 40.0 Å². The van der Waals surface area contributed by atoms with Crippen molar-refractivity contribution >= 4 is 46.6 Å². The molecule has 1 aliphatic carbocycles. The minimum atomic E-state index is -0.847. The maximum Gasteiger partial charge on any atom is 0.234 e. The van der Waals surface area contributed by atoms with Gasteiger partial charge >= 0.3 is 0 Å². The summed E-state index contributed by atoms with van der Waals surface area (Å²) in [7, 11) is 1.53. The number of carbonyl (C=O) groups is 3. The van der Waals surface area contributed by atoms with Crippen molar-refractivity contribution < 1.29 is 14.4 Å². The first-order valence-electron chi connectivity index (χ1n) is 8.49. The number of likely N-dealkylation sites (tertiary alicyclic amines) is 1. The number of hydrogen-bond acceptors (Lipinski definition) is 3. The van der Waals surface area contributed by atoms with Crippen LogP contribution in [0, 0.1) is 16.2 Å². The number of fused-ring (bicyclic) bond motifs is 2. The van der Waals surface area contributed by atoms with Gasteiger partial charge in [0.25, 0.3) is 0 Å². The van der Waals surface area contributed by atoms with E-state index in [0.29, 0.717) is 35.0 Å². The average molecular weight is 397 g/mol. The van der Waals surface area contributed by atoms with E-state index in [9.17, 15) is 14.4 Å². The van der Waals surface area contributed by atoms with Gasteiger partial charge in [0.05, 0.1) is 10.0 Å². The normalized spacial score (nSPS) is 34.0. The fourth-order valence-electron chi connectivity index (χ4n) is 4.99. The number of piperidine rings is 1. The highest BCUT2D eigenvalue weighted by Gasteiger charge is 2.62.